The van der Waals surface area contributed by atoms with Gasteiger partial charge in [-0.3, -0.25) is 4.79 Å². The average molecular weight is 390 g/mol. The summed E-state index contributed by atoms with van der Waals surface area (Å²) in [7, 11) is 0. The van der Waals surface area contributed by atoms with Gasteiger partial charge in [-0.15, -0.1) is 10.2 Å². The predicted molar refractivity (Wildman–Crippen MR) is 107 cm³/mol. The van der Waals surface area contributed by atoms with Gasteiger partial charge in [-0.1, -0.05) is 56.8 Å². The Labute approximate surface area is 164 Å². The fourth-order valence-electron chi connectivity index (χ4n) is 2.91. The first-order chi connectivity index (χ1) is 12.8. The zero-order valence-electron chi connectivity index (χ0n) is 16.1. The Bertz CT molecular complexity index is 776. The van der Waals surface area contributed by atoms with Crippen LogP contribution in [0.5, 0.6) is 0 Å². The Kier molecular flexibility index (Phi) is 6.06. The fourth-order valence-corrected chi connectivity index (χ4v) is 3.59. The van der Waals surface area contributed by atoms with E-state index in [1.165, 1.54) is 22.0 Å². The molecule has 1 saturated heterocycles. The third-order valence-electron chi connectivity index (χ3n) is 4.56. The number of thioether (sulfide) groups is 1. The highest BCUT2D eigenvalue weighted by Gasteiger charge is 2.18. The second-order valence-corrected chi connectivity index (χ2v) is 8.67. The lowest BCUT2D eigenvalue weighted by atomic mass is 9.87. The molecule has 0 spiro atoms. The molecule has 1 fully saturated rings. The summed E-state index contributed by atoms with van der Waals surface area (Å²) in [5.41, 5.74) is 2.23. The molecule has 1 aromatic heterocycles. The summed E-state index contributed by atoms with van der Waals surface area (Å²) in [5.74, 6) is 6.90. The molecule has 8 heteroatoms. The van der Waals surface area contributed by atoms with Crippen LogP contribution in [-0.4, -0.2) is 45.8 Å². The van der Waals surface area contributed by atoms with Crippen molar-refractivity contribution in [2.45, 2.75) is 50.3 Å². The minimum Gasteiger partial charge on any atom is -0.376 e. The number of nitrogens with two attached hydrogens (primary N) is 1. The Balaban J connectivity index is 1.57. The lowest BCUT2D eigenvalue weighted by Gasteiger charge is -2.19. The molecule has 0 unspecified atom stereocenters. The van der Waals surface area contributed by atoms with Gasteiger partial charge in [0, 0.05) is 18.7 Å². The summed E-state index contributed by atoms with van der Waals surface area (Å²) in [6.07, 6.45) is 2.20. The number of hydrogen-bond acceptors (Lipinski definition) is 6. The van der Waals surface area contributed by atoms with Crippen molar-refractivity contribution in [3.63, 3.8) is 0 Å². The van der Waals surface area contributed by atoms with Gasteiger partial charge in [0.15, 0.2) is 5.82 Å². The second kappa shape index (κ2) is 8.31. The van der Waals surface area contributed by atoms with Gasteiger partial charge in [-0.25, -0.2) is 4.68 Å². The van der Waals surface area contributed by atoms with Crippen molar-refractivity contribution in [2.75, 3.05) is 24.7 Å². The van der Waals surface area contributed by atoms with Crippen molar-refractivity contribution >= 4 is 17.7 Å². The first-order valence-corrected chi connectivity index (χ1v) is 10.2. The quantitative estimate of drug-likeness (QED) is 0.582. The van der Waals surface area contributed by atoms with Crippen molar-refractivity contribution in [1.29, 1.82) is 0 Å². The number of hydrogen-bond donors (Lipinski definition) is 2. The molecule has 2 aromatic rings. The van der Waals surface area contributed by atoms with Gasteiger partial charge in [0.05, 0.1) is 11.9 Å². The van der Waals surface area contributed by atoms with E-state index in [1.54, 1.807) is 0 Å². The van der Waals surface area contributed by atoms with Crippen LogP contribution in [0, 0.1) is 0 Å². The van der Waals surface area contributed by atoms with Crippen LogP contribution >= 0.6 is 11.8 Å². The van der Waals surface area contributed by atoms with Crippen LogP contribution in [0.25, 0.3) is 11.4 Å². The van der Waals surface area contributed by atoms with Gasteiger partial charge in [-0.2, -0.15) is 0 Å². The maximum atomic E-state index is 12.0. The Morgan fingerprint density at radius 3 is 2.70 bits per heavy atom. The highest BCUT2D eigenvalue weighted by atomic mass is 32.2. The summed E-state index contributed by atoms with van der Waals surface area (Å²) in [6, 6.07) is 8.15. The van der Waals surface area contributed by atoms with Crippen molar-refractivity contribution in [2.24, 2.45) is 0 Å². The lowest BCUT2D eigenvalue weighted by molar-refractivity contribution is -0.119. The summed E-state index contributed by atoms with van der Waals surface area (Å²) in [5, 5.41) is 11.7. The second-order valence-electron chi connectivity index (χ2n) is 7.73. The third kappa shape index (κ3) is 5.01. The van der Waals surface area contributed by atoms with Gasteiger partial charge >= 0.3 is 0 Å². The highest BCUT2D eigenvalue weighted by molar-refractivity contribution is 7.99. The molecule has 1 aromatic carbocycles. The molecule has 1 atom stereocenters. The molecule has 7 nitrogen and oxygen atoms in total. The molecule has 1 aliphatic rings. The molecule has 0 saturated carbocycles. The molecule has 1 amide bonds. The van der Waals surface area contributed by atoms with E-state index in [0.29, 0.717) is 17.5 Å². The van der Waals surface area contributed by atoms with Crippen molar-refractivity contribution in [3.8, 4) is 11.4 Å². The van der Waals surface area contributed by atoms with E-state index in [9.17, 15) is 4.79 Å². The fraction of sp³-hybridized carbons (Fsp3) is 0.526. The number of ether oxygens (including phenoxy) is 1. The first-order valence-electron chi connectivity index (χ1n) is 9.17. The van der Waals surface area contributed by atoms with E-state index in [0.717, 1.165) is 25.0 Å². The number of nitrogens with zero attached hydrogens (tertiary/aromatic N) is 3. The van der Waals surface area contributed by atoms with Crippen molar-refractivity contribution in [1.82, 2.24) is 20.2 Å². The molecule has 146 valence electrons. The van der Waals surface area contributed by atoms with Crippen LogP contribution in [0.15, 0.2) is 29.4 Å². The summed E-state index contributed by atoms with van der Waals surface area (Å²) in [4.78, 5) is 12.0. The van der Waals surface area contributed by atoms with E-state index < -0.39 is 0 Å². The number of benzene rings is 1. The minimum atomic E-state index is -0.0606. The Morgan fingerprint density at radius 2 is 2.07 bits per heavy atom. The zero-order valence-corrected chi connectivity index (χ0v) is 16.9. The zero-order chi connectivity index (χ0) is 19.4. The summed E-state index contributed by atoms with van der Waals surface area (Å²) < 4.78 is 6.93. The van der Waals surface area contributed by atoms with Gasteiger partial charge in [0.1, 0.15) is 0 Å². The van der Waals surface area contributed by atoms with Crippen LogP contribution in [0.4, 0.5) is 0 Å². The van der Waals surface area contributed by atoms with E-state index >= 15 is 0 Å². The Morgan fingerprint density at radius 1 is 1.33 bits per heavy atom. The molecule has 2 heterocycles. The largest absolute Gasteiger partial charge is 0.376 e. The number of nitrogens with one attached hydrogen (secondary N) is 1. The average Bonchev–Trinajstić information content (AvgIpc) is 3.27. The Hall–Kier alpha value is -2.06. The highest BCUT2D eigenvalue weighted by Crippen LogP contribution is 2.26. The van der Waals surface area contributed by atoms with Crippen LogP contribution in [0.3, 0.4) is 0 Å². The monoisotopic (exact) mass is 389 g/mol. The summed E-state index contributed by atoms with van der Waals surface area (Å²) >= 11 is 1.27. The normalized spacial score (nSPS) is 17.2. The number of carbonyl (C=O) groups excluding carboxylic acids is 1. The minimum absolute atomic E-state index is 0.0606. The number of rotatable bonds is 6. The SMILES string of the molecule is CC(C)(C)c1ccc(-c2nnc(SCC(=O)NC[C@@H]3CCCO3)n2N)cc1. The molecular weight excluding hydrogens is 362 g/mol. The maximum absolute atomic E-state index is 12.0. The molecule has 3 rings (SSSR count). The van der Waals surface area contributed by atoms with Crippen LogP contribution in [-0.2, 0) is 14.9 Å². The van der Waals surface area contributed by atoms with Gasteiger partial charge in [-0.05, 0) is 23.8 Å². The van der Waals surface area contributed by atoms with Crippen molar-refractivity contribution in [3.05, 3.63) is 29.8 Å². The molecule has 27 heavy (non-hydrogen) atoms. The van der Waals surface area contributed by atoms with Gasteiger partial charge in [0.2, 0.25) is 11.1 Å². The number of amides is 1. The van der Waals surface area contributed by atoms with Crippen LogP contribution in [0.2, 0.25) is 0 Å². The van der Waals surface area contributed by atoms with Crippen LogP contribution < -0.4 is 11.2 Å². The van der Waals surface area contributed by atoms with Gasteiger partial charge in [0.25, 0.3) is 0 Å². The molecule has 3 N–H and O–H groups in total. The molecule has 0 bridgehead atoms. The molecule has 0 aliphatic carbocycles. The van der Waals surface area contributed by atoms with Gasteiger partial charge < -0.3 is 15.9 Å². The predicted octanol–water partition coefficient (Wildman–Crippen LogP) is 2.34. The molecular formula is C19H27N5O2S. The standard InChI is InChI=1S/C19H27N5O2S/c1-19(2,3)14-8-6-13(7-9-14)17-22-23-18(24(17)20)27-12-16(25)21-11-15-5-4-10-26-15/h6-9,15H,4-5,10-12,20H2,1-3H3,(H,21,25)/t15-/m0/s1. The number of aromatic nitrogens is 3. The summed E-state index contributed by atoms with van der Waals surface area (Å²) in [6.45, 7) is 7.86. The van der Waals surface area contributed by atoms with E-state index in [4.69, 9.17) is 10.6 Å². The van der Waals surface area contributed by atoms with E-state index in [-0.39, 0.29) is 23.2 Å². The lowest BCUT2D eigenvalue weighted by Crippen LogP contribution is -2.33. The molecule has 1 aliphatic heterocycles. The number of nitrogen functional groups attached to an aromatic ring is 1. The van der Waals surface area contributed by atoms with E-state index in [1.807, 2.05) is 12.1 Å². The first kappa shape index (κ1) is 19.7. The van der Waals surface area contributed by atoms with Crippen LogP contribution in [0.1, 0.15) is 39.2 Å². The molecule has 0 radical (unpaired) electrons. The topological polar surface area (TPSA) is 95.1 Å². The smallest absolute Gasteiger partial charge is 0.230 e. The van der Waals surface area contributed by atoms with E-state index in [2.05, 4.69) is 48.4 Å². The van der Waals surface area contributed by atoms with Crippen molar-refractivity contribution < 1.29 is 9.53 Å². The maximum Gasteiger partial charge on any atom is 0.230 e. The number of carbonyl (C=O) groups is 1. The third-order valence-corrected chi connectivity index (χ3v) is 5.50.